The summed E-state index contributed by atoms with van der Waals surface area (Å²) in [5, 5.41) is 11.9. The van der Waals surface area contributed by atoms with Crippen molar-refractivity contribution in [1.29, 1.82) is 0 Å². The number of hydrogen-bond donors (Lipinski definition) is 3. The Hall–Kier alpha value is -0.610. The van der Waals surface area contributed by atoms with E-state index in [1.54, 1.807) is 0 Å². The summed E-state index contributed by atoms with van der Waals surface area (Å²) in [5.41, 5.74) is 5.55. The van der Waals surface area contributed by atoms with Crippen molar-refractivity contribution in [2.45, 2.75) is 38.6 Å². The van der Waals surface area contributed by atoms with Gasteiger partial charge in [0.1, 0.15) is 0 Å². The Kier molecular flexibility index (Phi) is 3.89. The Labute approximate surface area is 84.9 Å². The number of carbonyl (C=O) groups is 1. The predicted molar refractivity (Wildman–Crippen MR) is 54.6 cm³/mol. The zero-order valence-corrected chi connectivity index (χ0v) is 8.75. The van der Waals surface area contributed by atoms with Crippen LogP contribution in [0.1, 0.15) is 32.6 Å². The molecular formula is C10H20N2O2. The van der Waals surface area contributed by atoms with Gasteiger partial charge in [0.15, 0.2) is 0 Å². The number of aliphatic hydroxyl groups is 1. The Bertz CT molecular complexity index is 200. The first kappa shape index (κ1) is 11.5. The second-order valence-corrected chi connectivity index (χ2v) is 4.45. The van der Waals surface area contributed by atoms with E-state index in [2.05, 4.69) is 5.32 Å². The number of hydrogen-bond acceptors (Lipinski definition) is 3. The Morgan fingerprint density at radius 2 is 2.29 bits per heavy atom. The van der Waals surface area contributed by atoms with Gasteiger partial charge in [0.2, 0.25) is 5.91 Å². The van der Waals surface area contributed by atoms with Crippen LogP contribution >= 0.6 is 0 Å². The van der Waals surface area contributed by atoms with Crippen molar-refractivity contribution in [2.75, 3.05) is 13.2 Å². The molecular weight excluding hydrogens is 180 g/mol. The minimum absolute atomic E-state index is 0.00396. The molecule has 1 saturated carbocycles. The maximum atomic E-state index is 11.3. The number of rotatable bonds is 6. The smallest absolute Gasteiger partial charge is 0.220 e. The average Bonchev–Trinajstić information content (AvgIpc) is 2.92. The first-order valence-electron chi connectivity index (χ1n) is 5.21. The van der Waals surface area contributed by atoms with Gasteiger partial charge in [-0.3, -0.25) is 4.79 Å². The summed E-state index contributed by atoms with van der Waals surface area (Å²) in [6.45, 7) is 2.69. The van der Waals surface area contributed by atoms with Crippen LogP contribution in [0.3, 0.4) is 0 Å². The Balaban J connectivity index is 2.09. The zero-order chi connectivity index (χ0) is 10.6. The molecule has 1 amide bonds. The molecule has 4 nitrogen and oxygen atoms in total. The molecule has 0 aliphatic heterocycles. The van der Waals surface area contributed by atoms with Crippen LogP contribution in [0, 0.1) is 5.41 Å². The Morgan fingerprint density at radius 3 is 2.71 bits per heavy atom. The molecule has 4 heteroatoms. The number of carbonyl (C=O) groups excluding carboxylic acids is 1. The molecule has 0 spiro atoms. The van der Waals surface area contributed by atoms with E-state index in [9.17, 15) is 4.79 Å². The topological polar surface area (TPSA) is 75.4 Å². The van der Waals surface area contributed by atoms with E-state index >= 15 is 0 Å². The number of amides is 1. The molecule has 0 aromatic heterocycles. The first-order chi connectivity index (χ1) is 6.58. The molecule has 1 atom stereocenters. The minimum atomic E-state index is 0.00396. The van der Waals surface area contributed by atoms with Crippen molar-refractivity contribution in [3.05, 3.63) is 0 Å². The molecule has 1 rings (SSSR count). The fourth-order valence-electron chi connectivity index (χ4n) is 1.30. The normalized spacial score (nSPS) is 20.2. The van der Waals surface area contributed by atoms with E-state index in [4.69, 9.17) is 10.8 Å². The number of nitrogens with one attached hydrogen (secondary N) is 1. The molecule has 1 fully saturated rings. The zero-order valence-electron chi connectivity index (χ0n) is 8.75. The monoisotopic (exact) mass is 200 g/mol. The van der Waals surface area contributed by atoms with Crippen molar-refractivity contribution >= 4 is 5.91 Å². The van der Waals surface area contributed by atoms with Crippen molar-refractivity contribution in [3.63, 3.8) is 0 Å². The summed E-state index contributed by atoms with van der Waals surface area (Å²) in [6.07, 6.45) is 3.26. The van der Waals surface area contributed by atoms with Crippen LogP contribution < -0.4 is 11.1 Å². The van der Waals surface area contributed by atoms with Gasteiger partial charge in [-0.15, -0.1) is 0 Å². The molecule has 14 heavy (non-hydrogen) atoms. The van der Waals surface area contributed by atoms with Gasteiger partial charge in [0.05, 0.1) is 6.61 Å². The van der Waals surface area contributed by atoms with Gasteiger partial charge in [0.25, 0.3) is 0 Å². The highest BCUT2D eigenvalue weighted by atomic mass is 16.3. The molecule has 0 saturated heterocycles. The van der Waals surface area contributed by atoms with E-state index in [1.807, 2.05) is 6.92 Å². The number of aliphatic hydroxyl groups excluding tert-OH is 1. The van der Waals surface area contributed by atoms with Gasteiger partial charge in [-0.25, -0.2) is 0 Å². The van der Waals surface area contributed by atoms with E-state index in [1.165, 1.54) is 0 Å². The van der Waals surface area contributed by atoms with Crippen LogP contribution in [0.15, 0.2) is 0 Å². The third-order valence-electron chi connectivity index (χ3n) is 2.78. The van der Waals surface area contributed by atoms with E-state index < -0.39 is 0 Å². The van der Waals surface area contributed by atoms with Gasteiger partial charge in [0, 0.05) is 24.4 Å². The van der Waals surface area contributed by atoms with E-state index in [0.29, 0.717) is 13.0 Å². The minimum Gasteiger partial charge on any atom is -0.396 e. The van der Waals surface area contributed by atoms with Crippen molar-refractivity contribution in [2.24, 2.45) is 11.1 Å². The van der Waals surface area contributed by atoms with Gasteiger partial charge >= 0.3 is 0 Å². The van der Waals surface area contributed by atoms with Gasteiger partial charge in [-0.2, -0.15) is 0 Å². The molecule has 4 N–H and O–H groups in total. The lowest BCUT2D eigenvalue weighted by Gasteiger charge is -2.13. The summed E-state index contributed by atoms with van der Waals surface area (Å²) in [6, 6.07) is 0.0773. The summed E-state index contributed by atoms with van der Waals surface area (Å²) < 4.78 is 0. The van der Waals surface area contributed by atoms with Crippen LogP contribution in [0.5, 0.6) is 0 Å². The second kappa shape index (κ2) is 4.75. The fourth-order valence-corrected chi connectivity index (χ4v) is 1.30. The summed E-state index contributed by atoms with van der Waals surface area (Å²) in [7, 11) is 0. The van der Waals surface area contributed by atoms with Crippen LogP contribution in [0.2, 0.25) is 0 Å². The number of nitrogens with two attached hydrogens (primary N) is 1. The summed E-state index contributed by atoms with van der Waals surface area (Å²) >= 11 is 0. The maximum Gasteiger partial charge on any atom is 0.220 e. The average molecular weight is 200 g/mol. The molecule has 1 unspecified atom stereocenters. The van der Waals surface area contributed by atoms with E-state index in [0.717, 1.165) is 19.3 Å². The van der Waals surface area contributed by atoms with Crippen LogP contribution in [0.25, 0.3) is 0 Å². The van der Waals surface area contributed by atoms with Crippen LogP contribution in [-0.4, -0.2) is 30.2 Å². The van der Waals surface area contributed by atoms with Crippen LogP contribution in [0.4, 0.5) is 0 Å². The summed E-state index contributed by atoms with van der Waals surface area (Å²) in [4.78, 5) is 11.3. The lowest BCUT2D eigenvalue weighted by molar-refractivity contribution is -0.121. The predicted octanol–water partition coefficient (Wildman–Crippen LogP) is 0.00250. The molecule has 0 aromatic rings. The highest BCUT2D eigenvalue weighted by Gasteiger charge is 2.41. The van der Waals surface area contributed by atoms with Gasteiger partial charge < -0.3 is 16.2 Å². The van der Waals surface area contributed by atoms with Crippen molar-refractivity contribution in [1.82, 2.24) is 5.32 Å². The maximum absolute atomic E-state index is 11.3. The van der Waals surface area contributed by atoms with E-state index in [-0.39, 0.29) is 24.0 Å². The molecule has 0 radical (unpaired) electrons. The standard InChI is InChI=1S/C10H20N2O2/c1-8(11)2-3-9(14)12-6-10(7-13)4-5-10/h8,13H,2-7,11H2,1H3,(H,12,14). The molecule has 82 valence electrons. The molecule has 1 aliphatic rings. The molecule has 0 aromatic carbocycles. The lowest BCUT2D eigenvalue weighted by atomic mass is 10.1. The third-order valence-corrected chi connectivity index (χ3v) is 2.78. The van der Waals surface area contributed by atoms with Crippen LogP contribution in [-0.2, 0) is 4.79 Å². The fraction of sp³-hybridized carbons (Fsp3) is 0.900. The van der Waals surface area contributed by atoms with Crippen molar-refractivity contribution in [3.8, 4) is 0 Å². The van der Waals surface area contributed by atoms with Gasteiger partial charge in [-0.05, 0) is 26.2 Å². The highest BCUT2D eigenvalue weighted by molar-refractivity contribution is 5.75. The molecule has 1 aliphatic carbocycles. The second-order valence-electron chi connectivity index (χ2n) is 4.45. The third kappa shape index (κ3) is 3.64. The molecule has 0 heterocycles. The largest absolute Gasteiger partial charge is 0.396 e. The Morgan fingerprint density at radius 1 is 1.64 bits per heavy atom. The quantitative estimate of drug-likeness (QED) is 0.565. The SMILES string of the molecule is CC(N)CCC(=O)NCC1(CO)CC1. The van der Waals surface area contributed by atoms with Gasteiger partial charge in [-0.1, -0.05) is 0 Å². The van der Waals surface area contributed by atoms with Crippen molar-refractivity contribution < 1.29 is 9.90 Å². The summed E-state index contributed by atoms with van der Waals surface area (Å²) in [5.74, 6) is 0.0435. The molecule has 0 bridgehead atoms. The first-order valence-corrected chi connectivity index (χ1v) is 5.21. The lowest BCUT2D eigenvalue weighted by Crippen LogP contribution is -2.32. The highest BCUT2D eigenvalue weighted by Crippen LogP contribution is 2.44.